The third-order valence-electron chi connectivity index (χ3n) is 15.7. The molecule has 0 radical (unpaired) electrons. The molecule has 0 fully saturated rings. The van der Waals surface area contributed by atoms with Gasteiger partial charge in [0, 0.05) is 27.7 Å². The van der Waals surface area contributed by atoms with Crippen molar-refractivity contribution in [1.29, 1.82) is 0 Å². The molecule has 2 heteroatoms. The summed E-state index contributed by atoms with van der Waals surface area (Å²) in [5.74, 6) is 0. The summed E-state index contributed by atoms with van der Waals surface area (Å²) in [5.41, 5.74) is 24.4. The van der Waals surface area contributed by atoms with Crippen LogP contribution in [-0.2, 0) is 5.41 Å². The number of benzene rings is 12. The third kappa shape index (κ3) is 6.30. The van der Waals surface area contributed by atoms with Gasteiger partial charge in [-0.1, -0.05) is 212 Å². The van der Waals surface area contributed by atoms with Crippen LogP contribution in [0.2, 0.25) is 0 Å². The van der Waals surface area contributed by atoms with E-state index in [1.165, 1.54) is 83.1 Å². The van der Waals surface area contributed by atoms with Crippen LogP contribution in [0.4, 0.5) is 17.1 Å². The van der Waals surface area contributed by atoms with E-state index < -0.39 is 5.41 Å². The van der Waals surface area contributed by atoms with Crippen molar-refractivity contribution in [1.82, 2.24) is 0 Å². The van der Waals surface area contributed by atoms with Gasteiger partial charge >= 0.3 is 0 Å². The average molecular weight is 928 g/mol. The zero-order chi connectivity index (χ0) is 48.0. The Morgan fingerprint density at radius 3 is 1.42 bits per heavy atom. The highest BCUT2D eigenvalue weighted by Crippen LogP contribution is 2.63. The van der Waals surface area contributed by atoms with Crippen LogP contribution < -0.4 is 4.90 Å². The topological polar surface area (TPSA) is 16.4 Å². The summed E-state index contributed by atoms with van der Waals surface area (Å²) in [6, 6.07) is 100. The molecule has 0 amide bonds. The van der Waals surface area contributed by atoms with Crippen molar-refractivity contribution in [2.75, 3.05) is 4.90 Å². The van der Waals surface area contributed by atoms with E-state index >= 15 is 0 Å². The molecule has 340 valence electrons. The van der Waals surface area contributed by atoms with E-state index in [1.54, 1.807) is 0 Å². The highest BCUT2D eigenvalue weighted by Gasteiger charge is 2.51. The molecule has 2 aliphatic carbocycles. The van der Waals surface area contributed by atoms with Gasteiger partial charge in [0.2, 0.25) is 0 Å². The first kappa shape index (κ1) is 41.3. The van der Waals surface area contributed by atoms with Crippen LogP contribution in [0.1, 0.15) is 22.3 Å². The van der Waals surface area contributed by atoms with Gasteiger partial charge in [-0.2, -0.15) is 0 Å². The summed E-state index contributed by atoms with van der Waals surface area (Å²) < 4.78 is 6.53. The second kappa shape index (κ2) is 16.3. The molecule has 0 saturated heterocycles. The quantitative estimate of drug-likeness (QED) is 0.158. The Bertz CT molecular complexity index is 4250. The Morgan fingerprint density at radius 2 is 0.753 bits per heavy atom. The molecule has 1 heterocycles. The molecule has 1 spiro atoms. The van der Waals surface area contributed by atoms with E-state index in [2.05, 4.69) is 278 Å². The lowest BCUT2D eigenvalue weighted by Crippen LogP contribution is -2.26. The number of fused-ring (bicyclic) bond motifs is 14. The number of hydrogen-bond acceptors (Lipinski definition) is 2. The monoisotopic (exact) mass is 927 g/mol. The second-order valence-electron chi connectivity index (χ2n) is 19.5. The van der Waals surface area contributed by atoms with Crippen molar-refractivity contribution >= 4 is 49.8 Å². The fourth-order valence-electron chi connectivity index (χ4n) is 12.4. The molecule has 0 N–H and O–H groups in total. The summed E-state index contributed by atoms with van der Waals surface area (Å²) in [6.45, 7) is 0. The van der Waals surface area contributed by atoms with Crippen LogP contribution >= 0.6 is 0 Å². The van der Waals surface area contributed by atoms with E-state index in [0.29, 0.717) is 0 Å². The van der Waals surface area contributed by atoms with Crippen LogP contribution in [0.25, 0.3) is 99.5 Å². The molecule has 0 saturated carbocycles. The largest absolute Gasteiger partial charge is 0.456 e. The molecule has 0 atom stereocenters. The van der Waals surface area contributed by atoms with Crippen molar-refractivity contribution in [2.24, 2.45) is 0 Å². The first-order valence-electron chi connectivity index (χ1n) is 25.2. The Kier molecular flexibility index (Phi) is 9.21. The zero-order valence-corrected chi connectivity index (χ0v) is 39.8. The van der Waals surface area contributed by atoms with Gasteiger partial charge < -0.3 is 9.32 Å². The van der Waals surface area contributed by atoms with E-state index in [9.17, 15) is 0 Å². The van der Waals surface area contributed by atoms with Crippen LogP contribution in [-0.4, -0.2) is 0 Å². The van der Waals surface area contributed by atoms with Gasteiger partial charge in [-0.15, -0.1) is 0 Å². The lowest BCUT2D eigenvalue weighted by Gasteiger charge is -2.32. The molecule has 2 nitrogen and oxygen atoms in total. The van der Waals surface area contributed by atoms with Gasteiger partial charge in [-0.25, -0.2) is 0 Å². The van der Waals surface area contributed by atoms with E-state index in [4.69, 9.17) is 4.42 Å². The van der Waals surface area contributed by atoms with Gasteiger partial charge in [0.25, 0.3) is 0 Å². The lowest BCUT2D eigenvalue weighted by atomic mass is 9.70. The number of rotatable bonds is 7. The van der Waals surface area contributed by atoms with E-state index in [1.807, 2.05) is 0 Å². The Labute approximate surface area is 424 Å². The average Bonchev–Trinajstić information content (AvgIpc) is 4.08. The highest BCUT2D eigenvalue weighted by molar-refractivity contribution is 6.11. The minimum absolute atomic E-state index is 0.482. The molecule has 73 heavy (non-hydrogen) atoms. The summed E-state index contributed by atoms with van der Waals surface area (Å²) in [6.07, 6.45) is 0. The maximum atomic E-state index is 6.53. The smallest absolute Gasteiger partial charge is 0.136 e. The van der Waals surface area contributed by atoms with E-state index in [0.717, 1.165) is 55.7 Å². The Hall–Kier alpha value is -9.50. The van der Waals surface area contributed by atoms with Crippen molar-refractivity contribution in [3.05, 3.63) is 295 Å². The van der Waals surface area contributed by atoms with Crippen molar-refractivity contribution in [3.8, 4) is 66.8 Å². The first-order valence-corrected chi connectivity index (χ1v) is 25.2. The standard InChI is InChI=1S/C71H45NO/c1-3-17-47(18-4-1)55-38-33-51(41-61(55)48-19-5-2-6-20-48)46-31-35-53(36-32-46)72(68-30-16-12-23-56(68)52-34-40-69-62(43-52)63-42-49-21-7-8-22-50(49)44-70(63)73-69)54-37-39-60-59-26-11-15-29-66(59)71(67(60)45-54)64-27-13-9-24-57(64)58-25-10-14-28-65(58)71/h1-45H. The fraction of sp³-hybridized carbons (Fsp3) is 0.0141. The molecule has 2 aliphatic rings. The van der Waals surface area contributed by atoms with Crippen molar-refractivity contribution < 1.29 is 4.42 Å². The molecule has 15 rings (SSSR count). The normalized spacial score (nSPS) is 12.8. The minimum atomic E-state index is -0.482. The molecule has 12 aromatic carbocycles. The summed E-state index contributed by atoms with van der Waals surface area (Å²) in [5, 5.41) is 4.60. The zero-order valence-electron chi connectivity index (χ0n) is 39.8. The van der Waals surface area contributed by atoms with Crippen LogP contribution in [0, 0.1) is 0 Å². The Balaban J connectivity index is 0.929. The molecule has 13 aromatic rings. The maximum Gasteiger partial charge on any atom is 0.136 e. The van der Waals surface area contributed by atoms with Crippen LogP contribution in [0.3, 0.4) is 0 Å². The predicted molar refractivity (Wildman–Crippen MR) is 304 cm³/mol. The molecule has 0 unspecified atom stereocenters. The van der Waals surface area contributed by atoms with E-state index in [-0.39, 0.29) is 0 Å². The predicted octanol–water partition coefficient (Wildman–Crippen LogP) is 19.2. The SMILES string of the molecule is c1ccc(-c2ccc(-c3ccc(N(c4ccc5c(c4)C4(c6ccccc6-c6ccccc64)c4ccccc4-5)c4ccccc4-c4ccc5oc6cc7ccccc7cc6c5c4)cc3)cc2-c2ccccc2)cc1. The van der Waals surface area contributed by atoms with Crippen LogP contribution in [0.15, 0.2) is 277 Å². The van der Waals surface area contributed by atoms with Gasteiger partial charge in [-0.3, -0.25) is 0 Å². The maximum absolute atomic E-state index is 6.53. The highest BCUT2D eigenvalue weighted by atomic mass is 16.3. The molecular formula is C71H45NO. The molecule has 1 aromatic heterocycles. The van der Waals surface area contributed by atoms with Crippen LogP contribution in [0.5, 0.6) is 0 Å². The molecule has 0 bridgehead atoms. The van der Waals surface area contributed by atoms with Crippen molar-refractivity contribution in [2.45, 2.75) is 5.41 Å². The fourth-order valence-corrected chi connectivity index (χ4v) is 12.4. The number of anilines is 3. The summed E-state index contributed by atoms with van der Waals surface area (Å²) >= 11 is 0. The third-order valence-corrected chi connectivity index (χ3v) is 15.7. The summed E-state index contributed by atoms with van der Waals surface area (Å²) in [7, 11) is 0. The second-order valence-corrected chi connectivity index (χ2v) is 19.5. The number of nitrogens with zero attached hydrogens (tertiary/aromatic N) is 1. The van der Waals surface area contributed by atoms with Gasteiger partial charge in [0.1, 0.15) is 11.2 Å². The van der Waals surface area contributed by atoms with Gasteiger partial charge in [0.05, 0.1) is 11.1 Å². The molecular weight excluding hydrogens is 883 g/mol. The molecule has 0 aliphatic heterocycles. The number of hydrogen-bond donors (Lipinski definition) is 0. The summed E-state index contributed by atoms with van der Waals surface area (Å²) in [4.78, 5) is 2.47. The number of para-hydroxylation sites is 1. The lowest BCUT2D eigenvalue weighted by molar-refractivity contribution is 0.669. The minimum Gasteiger partial charge on any atom is -0.456 e. The van der Waals surface area contributed by atoms with Crippen molar-refractivity contribution in [3.63, 3.8) is 0 Å². The van der Waals surface area contributed by atoms with Gasteiger partial charge in [-0.05, 0) is 155 Å². The first-order chi connectivity index (χ1) is 36.2. The Morgan fingerprint density at radius 1 is 0.260 bits per heavy atom. The van der Waals surface area contributed by atoms with Gasteiger partial charge in [0.15, 0.2) is 0 Å². The number of furan rings is 1.